The summed E-state index contributed by atoms with van der Waals surface area (Å²) in [5.74, 6) is 0.708. The highest BCUT2D eigenvalue weighted by Crippen LogP contribution is 2.38. The normalized spacial score (nSPS) is 11.5. The third-order valence-electron chi connectivity index (χ3n) is 13.7. The molecule has 61 heavy (non-hydrogen) atoms. The van der Waals surface area contributed by atoms with Crippen molar-refractivity contribution in [1.82, 2.24) is 14.5 Å². The SMILES string of the molecule is Bc1c(B)c(B)c2c(c1B)c1c(B)c(B)c(B)c(B)c1n2-c1cccc(-c2ccc(-c3cc(-c4ccc(-c5ccccc5)cc4)nc(-c4ccccc4)n3)c3ccccc23)c1. The fourth-order valence-corrected chi connectivity index (χ4v) is 9.63. The van der Waals surface area contributed by atoms with E-state index in [9.17, 15) is 0 Å². The van der Waals surface area contributed by atoms with Gasteiger partial charge in [0.2, 0.25) is 0 Å². The molecule has 2 heterocycles. The topological polar surface area (TPSA) is 30.7 Å². The number of aromatic nitrogens is 3. The Morgan fingerprint density at radius 3 is 1.39 bits per heavy atom. The van der Waals surface area contributed by atoms with Crippen molar-refractivity contribution >= 4 is 139 Å². The largest absolute Gasteiger partial charge is 0.310 e. The van der Waals surface area contributed by atoms with Crippen molar-refractivity contribution in [3.8, 4) is 61.8 Å². The summed E-state index contributed by atoms with van der Waals surface area (Å²) in [5, 5.41) is 5.10. The van der Waals surface area contributed by atoms with Gasteiger partial charge in [-0.2, -0.15) is 0 Å². The summed E-state index contributed by atoms with van der Waals surface area (Å²) in [5.41, 5.74) is 24.4. The van der Waals surface area contributed by atoms with E-state index in [1.54, 1.807) is 0 Å². The van der Waals surface area contributed by atoms with Crippen LogP contribution >= 0.6 is 0 Å². The number of hydrogen-bond acceptors (Lipinski definition) is 2. The van der Waals surface area contributed by atoms with Gasteiger partial charge in [-0.15, -0.1) is 10.9 Å². The maximum absolute atomic E-state index is 5.27. The lowest BCUT2D eigenvalue weighted by atomic mass is 9.63. The van der Waals surface area contributed by atoms with Gasteiger partial charge in [-0.25, -0.2) is 9.97 Å². The van der Waals surface area contributed by atoms with Gasteiger partial charge < -0.3 is 4.57 Å². The Bertz CT molecular complexity index is 3310. The van der Waals surface area contributed by atoms with Crippen LogP contribution < -0.4 is 43.7 Å². The first kappa shape index (κ1) is 38.6. The predicted molar refractivity (Wildman–Crippen MR) is 286 cm³/mol. The zero-order valence-electron chi connectivity index (χ0n) is 36.3. The van der Waals surface area contributed by atoms with Crippen LogP contribution in [-0.4, -0.2) is 77.3 Å². The molecule has 0 bridgehead atoms. The standard InChI is InChI=1S/C50H41B8N3/c51-40-38-39-41(52)43(54)45(56)47(58)49(39)61(48(38)46(57)44(55)42(40)53)31-15-9-14-30(24-31)32-22-23-35(34-17-8-7-16-33(32)34)37-25-36(59-50(60-37)29-12-5-2-6-13-29)28-20-18-27(19-21-28)26-10-3-1-4-11-26/h1-25H,51-58H2. The van der Waals surface area contributed by atoms with Crippen molar-refractivity contribution < 1.29 is 0 Å². The van der Waals surface area contributed by atoms with E-state index in [-0.39, 0.29) is 0 Å². The van der Waals surface area contributed by atoms with Crippen LogP contribution in [-0.2, 0) is 0 Å². The fourth-order valence-electron chi connectivity index (χ4n) is 9.63. The van der Waals surface area contributed by atoms with Gasteiger partial charge in [0.1, 0.15) is 62.8 Å². The van der Waals surface area contributed by atoms with Crippen LogP contribution in [0.1, 0.15) is 0 Å². The average Bonchev–Trinajstić information content (AvgIpc) is 3.68. The van der Waals surface area contributed by atoms with Crippen LogP contribution in [0.25, 0.3) is 94.4 Å². The molecular weight excluding hydrogens is 729 g/mol. The molecule has 0 aliphatic rings. The average molecular weight is 770 g/mol. The van der Waals surface area contributed by atoms with E-state index in [2.05, 4.69) is 201 Å². The molecule has 3 nitrogen and oxygen atoms in total. The highest BCUT2D eigenvalue weighted by molar-refractivity contribution is 6.71. The molecule has 0 atom stereocenters. The molecule has 8 aromatic carbocycles. The molecule has 2 aromatic heterocycles. The molecule has 10 rings (SSSR count). The highest BCUT2D eigenvalue weighted by atomic mass is 15.0. The Labute approximate surface area is 365 Å². The molecule has 0 fully saturated rings. The lowest BCUT2D eigenvalue weighted by Crippen LogP contribution is -2.49. The minimum absolute atomic E-state index is 0.708. The second kappa shape index (κ2) is 15.2. The highest BCUT2D eigenvalue weighted by Gasteiger charge is 2.24. The smallest absolute Gasteiger partial charge is 0.160 e. The number of rotatable bonds is 6. The first-order valence-corrected chi connectivity index (χ1v) is 21.3. The van der Waals surface area contributed by atoms with E-state index in [4.69, 9.17) is 9.97 Å². The maximum Gasteiger partial charge on any atom is 0.160 e. The molecule has 0 unspecified atom stereocenters. The third kappa shape index (κ3) is 6.33. The summed E-state index contributed by atoms with van der Waals surface area (Å²) in [6.07, 6.45) is 0. The summed E-state index contributed by atoms with van der Waals surface area (Å²) in [6, 6.07) is 54.1. The Balaban J connectivity index is 1.15. The molecule has 0 radical (unpaired) electrons. The lowest BCUT2D eigenvalue weighted by molar-refractivity contribution is 1.18. The van der Waals surface area contributed by atoms with Crippen LogP contribution in [0.3, 0.4) is 0 Å². The fraction of sp³-hybridized carbons (Fsp3) is 0. The summed E-state index contributed by atoms with van der Waals surface area (Å²) in [7, 11) is 18.4. The predicted octanol–water partition coefficient (Wildman–Crippen LogP) is -0.871. The van der Waals surface area contributed by atoms with Gasteiger partial charge in [0, 0.05) is 33.4 Å². The molecular formula is C50H41B8N3. The Hall–Kier alpha value is -6.58. The Kier molecular flexibility index (Phi) is 9.59. The van der Waals surface area contributed by atoms with Crippen molar-refractivity contribution in [2.24, 2.45) is 0 Å². The van der Waals surface area contributed by atoms with Crippen LogP contribution in [0.15, 0.2) is 152 Å². The first-order valence-electron chi connectivity index (χ1n) is 21.3. The van der Waals surface area contributed by atoms with Crippen LogP contribution in [0.2, 0.25) is 0 Å². The van der Waals surface area contributed by atoms with Gasteiger partial charge >= 0.3 is 0 Å². The monoisotopic (exact) mass is 771 g/mol. The first-order chi connectivity index (χ1) is 29.6. The summed E-state index contributed by atoms with van der Waals surface area (Å²) >= 11 is 0. The summed E-state index contributed by atoms with van der Waals surface area (Å²) in [4.78, 5) is 10.4. The molecule has 0 spiro atoms. The Morgan fingerprint density at radius 1 is 0.328 bits per heavy atom. The lowest BCUT2D eigenvalue weighted by Gasteiger charge is -2.18. The molecule has 0 amide bonds. The quantitative estimate of drug-likeness (QED) is 0.206. The zero-order valence-corrected chi connectivity index (χ0v) is 36.3. The maximum atomic E-state index is 5.27. The van der Waals surface area contributed by atoms with E-state index < -0.39 is 0 Å². The number of nitrogens with zero attached hydrogens (tertiary/aromatic N) is 3. The van der Waals surface area contributed by atoms with Crippen molar-refractivity contribution in [1.29, 1.82) is 0 Å². The van der Waals surface area contributed by atoms with Crippen molar-refractivity contribution in [2.45, 2.75) is 0 Å². The van der Waals surface area contributed by atoms with Crippen LogP contribution in [0.5, 0.6) is 0 Å². The summed E-state index contributed by atoms with van der Waals surface area (Å²) < 4.78 is 2.56. The van der Waals surface area contributed by atoms with E-state index >= 15 is 0 Å². The van der Waals surface area contributed by atoms with E-state index in [1.165, 1.54) is 98.8 Å². The van der Waals surface area contributed by atoms with Gasteiger partial charge in [-0.05, 0) is 62.0 Å². The van der Waals surface area contributed by atoms with E-state index in [0.29, 0.717) is 5.82 Å². The molecule has 0 aliphatic carbocycles. The van der Waals surface area contributed by atoms with Gasteiger partial charge in [-0.3, -0.25) is 0 Å². The minimum Gasteiger partial charge on any atom is -0.310 e. The molecule has 0 aliphatic heterocycles. The molecule has 0 N–H and O–H groups in total. The number of benzene rings is 8. The molecule has 10 aromatic rings. The molecule has 0 saturated carbocycles. The van der Waals surface area contributed by atoms with Gasteiger partial charge in [0.05, 0.1) is 11.4 Å². The molecule has 11 heteroatoms. The third-order valence-corrected chi connectivity index (χ3v) is 13.7. The Morgan fingerprint density at radius 2 is 0.787 bits per heavy atom. The van der Waals surface area contributed by atoms with Gasteiger partial charge in [0.15, 0.2) is 5.82 Å². The van der Waals surface area contributed by atoms with E-state index in [0.717, 1.165) is 33.5 Å². The van der Waals surface area contributed by atoms with Gasteiger partial charge in [0.25, 0.3) is 0 Å². The summed E-state index contributed by atoms with van der Waals surface area (Å²) in [6.45, 7) is 0. The van der Waals surface area contributed by atoms with Gasteiger partial charge in [-0.1, -0.05) is 166 Å². The zero-order chi connectivity index (χ0) is 42.1. The van der Waals surface area contributed by atoms with Crippen molar-refractivity contribution in [2.75, 3.05) is 0 Å². The van der Waals surface area contributed by atoms with Crippen molar-refractivity contribution in [3.05, 3.63) is 152 Å². The minimum atomic E-state index is 0.708. The van der Waals surface area contributed by atoms with Crippen molar-refractivity contribution in [3.63, 3.8) is 0 Å². The second-order valence-electron chi connectivity index (χ2n) is 16.8. The van der Waals surface area contributed by atoms with Crippen LogP contribution in [0, 0.1) is 0 Å². The molecule has 0 saturated heterocycles. The second-order valence-corrected chi connectivity index (χ2v) is 16.8. The van der Waals surface area contributed by atoms with Crippen LogP contribution in [0.4, 0.5) is 0 Å². The number of fused-ring (bicyclic) bond motifs is 4. The number of hydrogen-bond donors (Lipinski definition) is 0. The molecule has 280 valence electrons. The van der Waals surface area contributed by atoms with E-state index in [1.807, 2.05) is 18.2 Å².